The van der Waals surface area contributed by atoms with Gasteiger partial charge in [0.2, 0.25) is 18.6 Å². The van der Waals surface area contributed by atoms with E-state index in [0.29, 0.717) is 30.3 Å². The maximum Gasteiger partial charge on any atom is 0.231 e. The van der Waals surface area contributed by atoms with Crippen LogP contribution >= 0.6 is 0 Å². The van der Waals surface area contributed by atoms with Crippen molar-refractivity contribution in [3.63, 3.8) is 0 Å². The summed E-state index contributed by atoms with van der Waals surface area (Å²) < 4.78 is 10.6. The molecule has 0 aliphatic carbocycles. The van der Waals surface area contributed by atoms with E-state index >= 15 is 0 Å². The number of nitrogens with zero attached hydrogens (tertiary/aromatic N) is 1. The lowest BCUT2D eigenvalue weighted by atomic mass is 10.1. The summed E-state index contributed by atoms with van der Waals surface area (Å²) >= 11 is 0. The Morgan fingerprint density at radius 1 is 1.15 bits per heavy atom. The van der Waals surface area contributed by atoms with Gasteiger partial charge in [0.1, 0.15) is 0 Å². The largest absolute Gasteiger partial charge is 0.454 e. The number of hydrogen-bond acceptors (Lipinski definition) is 4. The van der Waals surface area contributed by atoms with E-state index in [4.69, 9.17) is 9.47 Å². The number of nitrogens with one attached hydrogen (secondary N) is 1. The first-order valence-electron chi connectivity index (χ1n) is 8.62. The highest BCUT2D eigenvalue weighted by Crippen LogP contribution is 2.34. The van der Waals surface area contributed by atoms with Crippen molar-refractivity contribution >= 4 is 17.5 Å². The molecule has 2 heterocycles. The molecule has 134 valence electrons. The van der Waals surface area contributed by atoms with E-state index in [1.165, 1.54) is 5.56 Å². The van der Waals surface area contributed by atoms with Crippen molar-refractivity contribution < 1.29 is 19.1 Å². The normalized spacial score (nSPS) is 18.3. The van der Waals surface area contributed by atoms with Gasteiger partial charge in [-0.25, -0.2) is 0 Å². The average Bonchev–Trinajstić information content (AvgIpc) is 3.23. The van der Waals surface area contributed by atoms with Crippen LogP contribution in [0.1, 0.15) is 17.5 Å². The molecule has 0 spiro atoms. The van der Waals surface area contributed by atoms with Crippen molar-refractivity contribution in [2.24, 2.45) is 5.92 Å². The van der Waals surface area contributed by atoms with Gasteiger partial charge in [-0.1, -0.05) is 29.8 Å². The van der Waals surface area contributed by atoms with Gasteiger partial charge in [-0.15, -0.1) is 0 Å². The molecule has 26 heavy (non-hydrogen) atoms. The zero-order valence-electron chi connectivity index (χ0n) is 14.5. The second-order valence-corrected chi connectivity index (χ2v) is 6.72. The van der Waals surface area contributed by atoms with Gasteiger partial charge in [-0.3, -0.25) is 9.59 Å². The number of fused-ring (bicyclic) bond motifs is 1. The molecule has 2 aromatic rings. The zero-order chi connectivity index (χ0) is 18.1. The van der Waals surface area contributed by atoms with Crippen molar-refractivity contribution in [1.82, 2.24) is 4.90 Å². The fourth-order valence-corrected chi connectivity index (χ4v) is 3.23. The van der Waals surface area contributed by atoms with Gasteiger partial charge >= 0.3 is 0 Å². The molecule has 1 saturated heterocycles. The Morgan fingerprint density at radius 2 is 1.92 bits per heavy atom. The van der Waals surface area contributed by atoms with E-state index in [1.807, 2.05) is 31.2 Å². The van der Waals surface area contributed by atoms with Gasteiger partial charge in [0, 0.05) is 31.3 Å². The van der Waals surface area contributed by atoms with Crippen LogP contribution < -0.4 is 14.8 Å². The van der Waals surface area contributed by atoms with Crippen LogP contribution in [0.4, 0.5) is 5.69 Å². The highest BCUT2D eigenvalue weighted by molar-refractivity contribution is 5.97. The van der Waals surface area contributed by atoms with Crippen LogP contribution in [-0.2, 0) is 16.1 Å². The molecule has 0 saturated carbocycles. The number of aryl methyl sites for hydroxylation is 1. The third-order valence-electron chi connectivity index (χ3n) is 4.72. The van der Waals surface area contributed by atoms with Gasteiger partial charge in [0.05, 0.1) is 5.92 Å². The predicted octanol–water partition coefficient (Wildman–Crippen LogP) is 2.71. The number of benzene rings is 2. The Morgan fingerprint density at radius 3 is 2.73 bits per heavy atom. The minimum atomic E-state index is -0.349. The van der Waals surface area contributed by atoms with Crippen LogP contribution in [0.5, 0.6) is 11.5 Å². The van der Waals surface area contributed by atoms with Crippen molar-refractivity contribution in [2.75, 3.05) is 18.7 Å². The molecule has 0 radical (unpaired) electrons. The van der Waals surface area contributed by atoms with E-state index in [9.17, 15) is 9.59 Å². The Kier molecular flexibility index (Phi) is 4.24. The van der Waals surface area contributed by atoms with Gasteiger partial charge < -0.3 is 19.7 Å². The van der Waals surface area contributed by atoms with Crippen molar-refractivity contribution in [3.05, 3.63) is 53.6 Å². The number of rotatable bonds is 4. The smallest absolute Gasteiger partial charge is 0.231 e. The number of ether oxygens (including phenoxy) is 2. The lowest BCUT2D eigenvalue weighted by molar-refractivity contribution is -0.128. The second kappa shape index (κ2) is 6.71. The number of carbonyl (C=O) groups excluding carboxylic acids is 2. The van der Waals surface area contributed by atoms with E-state index in [-0.39, 0.29) is 30.9 Å². The summed E-state index contributed by atoms with van der Waals surface area (Å²) in [7, 11) is 0. The summed E-state index contributed by atoms with van der Waals surface area (Å²) in [6.07, 6.45) is 0.238. The van der Waals surface area contributed by atoms with Crippen molar-refractivity contribution in [1.29, 1.82) is 0 Å². The second-order valence-electron chi connectivity index (χ2n) is 6.72. The molecule has 4 rings (SSSR count). The standard InChI is InChI=1S/C20H20N2O4/c1-13-2-4-14(5-3-13)10-22-11-15(8-19(22)23)20(24)21-16-6-7-17-18(9-16)26-12-25-17/h2-7,9,15H,8,10-12H2,1H3,(H,21,24). The average molecular weight is 352 g/mol. The lowest BCUT2D eigenvalue weighted by Gasteiger charge is -2.17. The highest BCUT2D eigenvalue weighted by Gasteiger charge is 2.34. The first-order valence-corrected chi connectivity index (χ1v) is 8.62. The summed E-state index contributed by atoms with van der Waals surface area (Å²) in [6.45, 7) is 3.19. The molecular formula is C20H20N2O4. The minimum absolute atomic E-state index is 0.0106. The molecule has 1 N–H and O–H groups in total. The highest BCUT2D eigenvalue weighted by atomic mass is 16.7. The first kappa shape index (κ1) is 16.4. The summed E-state index contributed by atoms with van der Waals surface area (Å²) in [5, 5.41) is 2.87. The number of amides is 2. The van der Waals surface area contributed by atoms with Crippen LogP contribution in [0, 0.1) is 12.8 Å². The third kappa shape index (κ3) is 3.35. The summed E-state index contributed by atoms with van der Waals surface area (Å²) in [6, 6.07) is 13.4. The molecule has 2 aliphatic heterocycles. The molecule has 6 heteroatoms. The SMILES string of the molecule is Cc1ccc(CN2CC(C(=O)Nc3ccc4c(c3)OCO4)CC2=O)cc1. The Balaban J connectivity index is 1.38. The quantitative estimate of drug-likeness (QED) is 0.919. The Hall–Kier alpha value is -3.02. The van der Waals surface area contributed by atoms with Gasteiger partial charge in [0.15, 0.2) is 11.5 Å². The molecule has 0 aromatic heterocycles. The third-order valence-corrected chi connectivity index (χ3v) is 4.72. The molecule has 2 amide bonds. The monoisotopic (exact) mass is 352 g/mol. The summed E-state index contributed by atoms with van der Waals surface area (Å²) in [4.78, 5) is 26.6. The van der Waals surface area contributed by atoms with Crippen molar-refractivity contribution in [3.8, 4) is 11.5 Å². The van der Waals surface area contributed by atoms with Crippen molar-refractivity contribution in [2.45, 2.75) is 19.9 Å². The maximum absolute atomic E-state index is 12.5. The van der Waals surface area contributed by atoms with Crippen LogP contribution in [0.3, 0.4) is 0 Å². The molecule has 1 unspecified atom stereocenters. The molecular weight excluding hydrogens is 332 g/mol. The van der Waals surface area contributed by atoms with Crippen LogP contribution in [0.2, 0.25) is 0 Å². The molecule has 2 aromatic carbocycles. The first-order chi connectivity index (χ1) is 12.6. The van der Waals surface area contributed by atoms with E-state index in [2.05, 4.69) is 5.32 Å². The fraction of sp³-hybridized carbons (Fsp3) is 0.300. The number of likely N-dealkylation sites (tertiary alicyclic amines) is 1. The fourth-order valence-electron chi connectivity index (χ4n) is 3.23. The van der Waals surface area contributed by atoms with Gasteiger partial charge in [0.25, 0.3) is 0 Å². The molecule has 1 atom stereocenters. The van der Waals surface area contributed by atoms with Crippen LogP contribution in [0.25, 0.3) is 0 Å². The zero-order valence-corrected chi connectivity index (χ0v) is 14.5. The van der Waals surface area contributed by atoms with E-state index in [0.717, 1.165) is 5.56 Å². The maximum atomic E-state index is 12.5. The van der Waals surface area contributed by atoms with E-state index < -0.39 is 0 Å². The topological polar surface area (TPSA) is 67.9 Å². The van der Waals surface area contributed by atoms with Gasteiger partial charge in [-0.2, -0.15) is 0 Å². The molecule has 1 fully saturated rings. The van der Waals surface area contributed by atoms with Gasteiger partial charge in [-0.05, 0) is 24.6 Å². The minimum Gasteiger partial charge on any atom is -0.454 e. The Bertz CT molecular complexity index is 847. The molecule has 0 bridgehead atoms. The number of carbonyl (C=O) groups is 2. The molecule has 6 nitrogen and oxygen atoms in total. The number of hydrogen-bond donors (Lipinski definition) is 1. The summed E-state index contributed by atoms with van der Waals surface area (Å²) in [5.74, 6) is 0.799. The summed E-state index contributed by atoms with van der Waals surface area (Å²) in [5.41, 5.74) is 2.90. The molecule has 2 aliphatic rings. The lowest BCUT2D eigenvalue weighted by Crippen LogP contribution is -2.28. The van der Waals surface area contributed by atoms with E-state index in [1.54, 1.807) is 23.1 Å². The predicted molar refractivity (Wildman–Crippen MR) is 95.9 cm³/mol. The number of anilines is 1. The van der Waals surface area contributed by atoms with Crippen LogP contribution in [-0.4, -0.2) is 30.1 Å². The van der Waals surface area contributed by atoms with Crippen LogP contribution in [0.15, 0.2) is 42.5 Å². The Labute approximate surface area is 151 Å².